The number of aromatic nitrogens is 2. The predicted octanol–water partition coefficient (Wildman–Crippen LogP) is 2.64. The third kappa shape index (κ3) is 5.40. The Kier molecular flexibility index (Phi) is 5.71. The second-order valence-electron chi connectivity index (χ2n) is 4.87. The summed E-state index contributed by atoms with van der Waals surface area (Å²) in [6.07, 6.45) is 0.642. The zero-order valence-electron chi connectivity index (χ0n) is 12.5. The van der Waals surface area contributed by atoms with Crippen LogP contribution in [0.4, 0.5) is 5.95 Å². The summed E-state index contributed by atoms with van der Waals surface area (Å²) >= 11 is 0. The van der Waals surface area contributed by atoms with Crippen LogP contribution in [0.15, 0.2) is 36.4 Å². The van der Waals surface area contributed by atoms with Gasteiger partial charge in [0.25, 0.3) is 0 Å². The maximum atomic E-state index is 10.5. The molecule has 22 heavy (non-hydrogen) atoms. The molecular formula is C16H19N3O3. The van der Waals surface area contributed by atoms with Gasteiger partial charge < -0.3 is 15.2 Å². The second kappa shape index (κ2) is 7.97. The van der Waals surface area contributed by atoms with E-state index in [1.54, 1.807) is 6.07 Å². The lowest BCUT2D eigenvalue weighted by atomic mass is 10.2. The molecule has 2 rings (SSSR count). The Labute approximate surface area is 129 Å². The topological polar surface area (TPSA) is 84.3 Å². The largest absolute Gasteiger partial charge is 0.481 e. The van der Waals surface area contributed by atoms with E-state index < -0.39 is 5.97 Å². The smallest absolute Gasteiger partial charge is 0.303 e. The van der Waals surface area contributed by atoms with Crippen LogP contribution in [-0.2, 0) is 11.4 Å². The van der Waals surface area contributed by atoms with E-state index in [2.05, 4.69) is 15.3 Å². The highest BCUT2D eigenvalue weighted by Gasteiger charge is 2.04. The van der Waals surface area contributed by atoms with Crippen LogP contribution in [0.2, 0.25) is 0 Å². The van der Waals surface area contributed by atoms with Crippen LogP contribution in [-0.4, -0.2) is 27.6 Å². The van der Waals surface area contributed by atoms with Crippen molar-refractivity contribution in [3.8, 4) is 5.88 Å². The van der Waals surface area contributed by atoms with Crippen LogP contribution in [0.5, 0.6) is 5.88 Å². The molecule has 0 fully saturated rings. The van der Waals surface area contributed by atoms with Crippen molar-refractivity contribution in [3.63, 3.8) is 0 Å². The van der Waals surface area contributed by atoms with E-state index in [0.717, 1.165) is 11.3 Å². The fourth-order valence-electron chi connectivity index (χ4n) is 1.86. The monoisotopic (exact) mass is 301 g/mol. The number of aryl methyl sites for hydroxylation is 1. The molecular weight excluding hydrogens is 282 g/mol. The van der Waals surface area contributed by atoms with Crippen LogP contribution in [0.1, 0.15) is 24.1 Å². The Bertz CT molecular complexity index is 617. The van der Waals surface area contributed by atoms with Crippen LogP contribution in [0.3, 0.4) is 0 Å². The number of nitrogens with one attached hydrogen (secondary N) is 1. The first kappa shape index (κ1) is 15.8. The quantitative estimate of drug-likeness (QED) is 0.729. The fraction of sp³-hybridized carbons (Fsp3) is 0.312. The molecule has 0 bridgehead atoms. The number of hydrogen-bond donors (Lipinski definition) is 2. The minimum atomic E-state index is -0.807. The van der Waals surface area contributed by atoms with Gasteiger partial charge in [0.05, 0.1) is 0 Å². The van der Waals surface area contributed by atoms with Crippen LogP contribution >= 0.6 is 0 Å². The summed E-state index contributed by atoms with van der Waals surface area (Å²) in [7, 11) is 0. The van der Waals surface area contributed by atoms with Gasteiger partial charge in [0, 0.05) is 24.7 Å². The number of rotatable bonds is 8. The highest BCUT2D eigenvalue weighted by Crippen LogP contribution is 2.14. The Morgan fingerprint density at radius 3 is 2.77 bits per heavy atom. The molecule has 6 heteroatoms. The van der Waals surface area contributed by atoms with Crippen molar-refractivity contribution < 1.29 is 14.6 Å². The average Bonchev–Trinajstić information content (AvgIpc) is 2.50. The first-order chi connectivity index (χ1) is 10.6. The molecule has 0 aliphatic rings. The SMILES string of the molecule is Cc1cc(OCc2ccccc2)nc(NCCCC(=O)O)n1. The van der Waals surface area contributed by atoms with Crippen molar-refractivity contribution in [1.29, 1.82) is 0 Å². The molecule has 0 spiro atoms. The molecule has 116 valence electrons. The number of carboxylic acids is 1. The minimum Gasteiger partial charge on any atom is -0.481 e. The molecule has 0 amide bonds. The minimum absolute atomic E-state index is 0.121. The lowest BCUT2D eigenvalue weighted by molar-refractivity contribution is -0.137. The summed E-state index contributed by atoms with van der Waals surface area (Å²) in [5.41, 5.74) is 1.86. The molecule has 0 radical (unpaired) electrons. The van der Waals surface area contributed by atoms with Crippen LogP contribution in [0.25, 0.3) is 0 Å². The van der Waals surface area contributed by atoms with Gasteiger partial charge in [0.15, 0.2) is 0 Å². The fourth-order valence-corrected chi connectivity index (χ4v) is 1.86. The van der Waals surface area contributed by atoms with Crippen LogP contribution in [0, 0.1) is 6.92 Å². The summed E-state index contributed by atoms with van der Waals surface area (Å²) in [5, 5.41) is 11.6. The summed E-state index contributed by atoms with van der Waals surface area (Å²) < 4.78 is 5.67. The number of aliphatic carboxylic acids is 1. The molecule has 1 heterocycles. The van der Waals surface area contributed by atoms with Crippen molar-refractivity contribution in [2.24, 2.45) is 0 Å². The first-order valence-electron chi connectivity index (χ1n) is 7.11. The molecule has 0 unspecified atom stereocenters. The van der Waals surface area contributed by atoms with Crippen molar-refractivity contribution in [2.75, 3.05) is 11.9 Å². The van der Waals surface area contributed by atoms with Crippen molar-refractivity contribution in [1.82, 2.24) is 9.97 Å². The number of benzene rings is 1. The van der Waals surface area contributed by atoms with Gasteiger partial charge >= 0.3 is 5.97 Å². The molecule has 0 saturated heterocycles. The van der Waals surface area contributed by atoms with Crippen LogP contribution < -0.4 is 10.1 Å². The maximum Gasteiger partial charge on any atom is 0.303 e. The first-order valence-corrected chi connectivity index (χ1v) is 7.11. The molecule has 0 aliphatic heterocycles. The van der Waals surface area contributed by atoms with E-state index in [9.17, 15) is 4.79 Å². The predicted molar refractivity (Wildman–Crippen MR) is 82.9 cm³/mol. The molecule has 0 saturated carbocycles. The third-order valence-corrected chi connectivity index (χ3v) is 2.91. The summed E-state index contributed by atoms with van der Waals surface area (Å²) in [6.45, 7) is 2.81. The molecule has 1 aromatic carbocycles. The number of nitrogens with zero attached hydrogens (tertiary/aromatic N) is 2. The van der Waals surface area contributed by atoms with E-state index in [0.29, 0.717) is 31.4 Å². The molecule has 2 aromatic rings. The molecule has 1 aromatic heterocycles. The summed E-state index contributed by atoms with van der Waals surface area (Å²) in [5.74, 6) is 0.143. The Morgan fingerprint density at radius 1 is 1.27 bits per heavy atom. The number of hydrogen-bond acceptors (Lipinski definition) is 5. The van der Waals surface area contributed by atoms with Crippen molar-refractivity contribution in [3.05, 3.63) is 47.7 Å². The highest BCUT2D eigenvalue weighted by atomic mass is 16.5. The number of carboxylic acid groups (broad SMARTS) is 1. The maximum absolute atomic E-state index is 10.5. The van der Waals surface area contributed by atoms with E-state index in [-0.39, 0.29) is 6.42 Å². The third-order valence-electron chi connectivity index (χ3n) is 2.91. The normalized spacial score (nSPS) is 10.2. The molecule has 0 atom stereocenters. The molecule has 0 aliphatic carbocycles. The van der Waals surface area contributed by atoms with E-state index >= 15 is 0 Å². The Morgan fingerprint density at radius 2 is 2.05 bits per heavy atom. The number of anilines is 1. The van der Waals surface area contributed by atoms with Gasteiger partial charge in [0.2, 0.25) is 11.8 Å². The van der Waals surface area contributed by atoms with E-state index in [1.165, 1.54) is 0 Å². The van der Waals surface area contributed by atoms with Crippen molar-refractivity contribution in [2.45, 2.75) is 26.4 Å². The Hall–Kier alpha value is -2.63. The van der Waals surface area contributed by atoms with Gasteiger partial charge in [-0.2, -0.15) is 4.98 Å². The zero-order valence-corrected chi connectivity index (χ0v) is 12.5. The lowest BCUT2D eigenvalue weighted by Crippen LogP contribution is -2.09. The van der Waals surface area contributed by atoms with Gasteiger partial charge in [-0.1, -0.05) is 30.3 Å². The Balaban J connectivity index is 1.90. The molecule has 6 nitrogen and oxygen atoms in total. The number of carbonyl (C=O) groups is 1. The summed E-state index contributed by atoms with van der Waals surface area (Å²) in [6, 6.07) is 11.6. The van der Waals surface area contributed by atoms with Gasteiger partial charge in [-0.15, -0.1) is 0 Å². The van der Waals surface area contributed by atoms with Gasteiger partial charge in [-0.3, -0.25) is 4.79 Å². The second-order valence-corrected chi connectivity index (χ2v) is 4.87. The van der Waals surface area contributed by atoms with Gasteiger partial charge in [0.1, 0.15) is 6.61 Å². The standard InChI is InChI=1S/C16H19N3O3/c1-12-10-14(22-11-13-6-3-2-4-7-13)19-16(18-12)17-9-5-8-15(20)21/h2-4,6-7,10H,5,8-9,11H2,1H3,(H,20,21)(H,17,18,19). The lowest BCUT2D eigenvalue weighted by Gasteiger charge is -2.09. The molecule has 2 N–H and O–H groups in total. The summed E-state index contributed by atoms with van der Waals surface area (Å²) in [4.78, 5) is 19.0. The number of ether oxygens (including phenoxy) is 1. The van der Waals surface area contributed by atoms with Crippen molar-refractivity contribution >= 4 is 11.9 Å². The van der Waals surface area contributed by atoms with E-state index in [4.69, 9.17) is 9.84 Å². The van der Waals surface area contributed by atoms with Gasteiger partial charge in [-0.05, 0) is 18.9 Å². The average molecular weight is 301 g/mol. The van der Waals surface area contributed by atoms with E-state index in [1.807, 2.05) is 37.3 Å². The zero-order chi connectivity index (χ0) is 15.8. The highest BCUT2D eigenvalue weighted by molar-refractivity contribution is 5.66. The van der Waals surface area contributed by atoms with Gasteiger partial charge in [-0.25, -0.2) is 4.98 Å².